The van der Waals surface area contributed by atoms with Crippen LogP contribution in [0.25, 0.3) is 0 Å². The Kier molecular flexibility index (Phi) is 2.99. The Morgan fingerprint density at radius 1 is 1.20 bits per heavy atom. The molecule has 0 saturated heterocycles. The second kappa shape index (κ2) is 3.29. The molecular formula is C6H5ClO3. The molecule has 1 aliphatic carbocycles. The summed E-state index contributed by atoms with van der Waals surface area (Å²) >= 11 is 5.30. The standard InChI is InChI=1S/C6H3ClO2.H2O/c7-5-3-4(8)1-2-6(5)9;/h1-3H;1H2. The van der Waals surface area contributed by atoms with Gasteiger partial charge in [-0.2, -0.15) is 0 Å². The largest absolute Gasteiger partial charge is 0.412 e. The van der Waals surface area contributed by atoms with E-state index in [4.69, 9.17) is 11.6 Å². The van der Waals surface area contributed by atoms with Crippen LogP contribution >= 0.6 is 11.6 Å². The molecular weight excluding hydrogens is 156 g/mol. The number of carbonyl (C=O) groups excluding carboxylic acids is 2. The van der Waals surface area contributed by atoms with Crippen LogP contribution in [0.5, 0.6) is 0 Å². The first-order chi connectivity index (χ1) is 4.20. The summed E-state index contributed by atoms with van der Waals surface area (Å²) in [5.74, 6) is -0.545. The number of hydrogen-bond acceptors (Lipinski definition) is 2. The summed E-state index contributed by atoms with van der Waals surface area (Å²) in [6, 6.07) is 0. The highest BCUT2D eigenvalue weighted by Gasteiger charge is 2.08. The van der Waals surface area contributed by atoms with Gasteiger partial charge in [0.05, 0.1) is 5.03 Å². The average Bonchev–Trinajstić information content (AvgIpc) is 1.80. The Labute approximate surface area is 62.3 Å². The van der Waals surface area contributed by atoms with E-state index in [9.17, 15) is 9.59 Å². The van der Waals surface area contributed by atoms with Gasteiger partial charge in [0, 0.05) is 6.08 Å². The van der Waals surface area contributed by atoms with E-state index >= 15 is 0 Å². The highest BCUT2D eigenvalue weighted by Crippen LogP contribution is 2.08. The minimum Gasteiger partial charge on any atom is -0.412 e. The number of hydrogen-bond donors (Lipinski definition) is 0. The Bertz CT molecular complexity index is 227. The smallest absolute Gasteiger partial charge is 0.197 e. The van der Waals surface area contributed by atoms with Crippen molar-refractivity contribution in [2.75, 3.05) is 0 Å². The van der Waals surface area contributed by atoms with Crippen molar-refractivity contribution in [3.63, 3.8) is 0 Å². The van der Waals surface area contributed by atoms with E-state index in [2.05, 4.69) is 0 Å². The van der Waals surface area contributed by atoms with Crippen LogP contribution < -0.4 is 0 Å². The second-order valence-corrected chi connectivity index (χ2v) is 2.00. The van der Waals surface area contributed by atoms with Crippen molar-refractivity contribution in [2.45, 2.75) is 0 Å². The Morgan fingerprint density at radius 3 is 2.20 bits per heavy atom. The van der Waals surface area contributed by atoms with E-state index in [0.717, 1.165) is 12.2 Å². The number of carbonyl (C=O) groups is 2. The van der Waals surface area contributed by atoms with Crippen molar-refractivity contribution in [3.8, 4) is 0 Å². The molecule has 0 aromatic heterocycles. The molecule has 10 heavy (non-hydrogen) atoms. The van der Waals surface area contributed by atoms with Gasteiger partial charge in [-0.25, -0.2) is 0 Å². The molecule has 0 saturated carbocycles. The third kappa shape index (κ3) is 1.79. The van der Waals surface area contributed by atoms with Crippen LogP contribution in [0.2, 0.25) is 0 Å². The van der Waals surface area contributed by atoms with E-state index in [1.54, 1.807) is 0 Å². The van der Waals surface area contributed by atoms with Crippen molar-refractivity contribution < 1.29 is 15.1 Å². The molecule has 0 radical (unpaired) electrons. The summed E-state index contributed by atoms with van der Waals surface area (Å²) in [6.45, 7) is 0. The van der Waals surface area contributed by atoms with Crippen LogP contribution in [0.4, 0.5) is 0 Å². The van der Waals surface area contributed by atoms with Crippen LogP contribution in [-0.4, -0.2) is 17.0 Å². The fourth-order valence-electron chi connectivity index (χ4n) is 0.482. The van der Waals surface area contributed by atoms with Gasteiger partial charge in [0.2, 0.25) is 0 Å². The van der Waals surface area contributed by atoms with Gasteiger partial charge in [-0.15, -0.1) is 0 Å². The molecule has 54 valence electrons. The SMILES string of the molecule is O.O=C1C=CC(=O)C(Cl)=C1. The van der Waals surface area contributed by atoms with Gasteiger partial charge < -0.3 is 5.48 Å². The fraction of sp³-hybridized carbons (Fsp3) is 0. The molecule has 1 rings (SSSR count). The van der Waals surface area contributed by atoms with Crippen molar-refractivity contribution in [1.29, 1.82) is 0 Å². The van der Waals surface area contributed by atoms with Crippen LogP contribution in [0.3, 0.4) is 0 Å². The number of ketones is 2. The number of allylic oxidation sites excluding steroid dienone is 4. The minimum absolute atomic E-state index is 0. The molecule has 3 nitrogen and oxygen atoms in total. The molecule has 0 unspecified atom stereocenters. The maximum Gasteiger partial charge on any atom is 0.197 e. The number of halogens is 1. The maximum atomic E-state index is 10.5. The molecule has 0 fully saturated rings. The summed E-state index contributed by atoms with van der Waals surface area (Å²) in [6.07, 6.45) is 3.45. The average molecular weight is 161 g/mol. The lowest BCUT2D eigenvalue weighted by atomic mass is 10.2. The number of rotatable bonds is 0. The van der Waals surface area contributed by atoms with Gasteiger partial charge in [-0.05, 0) is 12.2 Å². The molecule has 4 heteroatoms. The van der Waals surface area contributed by atoms with Gasteiger partial charge in [-0.1, -0.05) is 11.6 Å². The van der Waals surface area contributed by atoms with Crippen molar-refractivity contribution in [3.05, 3.63) is 23.3 Å². The summed E-state index contributed by atoms with van der Waals surface area (Å²) in [4.78, 5) is 20.9. The lowest BCUT2D eigenvalue weighted by Gasteiger charge is -1.94. The van der Waals surface area contributed by atoms with E-state index in [0.29, 0.717) is 0 Å². The molecule has 0 atom stereocenters. The van der Waals surface area contributed by atoms with Crippen molar-refractivity contribution in [1.82, 2.24) is 0 Å². The molecule has 0 aliphatic heterocycles. The quantitative estimate of drug-likeness (QED) is 0.468. The first kappa shape index (κ1) is 9.07. The van der Waals surface area contributed by atoms with Gasteiger partial charge in [0.25, 0.3) is 0 Å². The summed E-state index contributed by atoms with van der Waals surface area (Å²) in [5.41, 5.74) is 0. The predicted octanol–water partition coefficient (Wildman–Crippen LogP) is -0.00760. The van der Waals surface area contributed by atoms with Crippen molar-refractivity contribution in [2.24, 2.45) is 0 Å². The topological polar surface area (TPSA) is 65.6 Å². The predicted molar refractivity (Wildman–Crippen MR) is 36.7 cm³/mol. The Hall–Kier alpha value is -0.930. The van der Waals surface area contributed by atoms with Crippen molar-refractivity contribution >= 4 is 23.2 Å². The summed E-state index contributed by atoms with van der Waals surface area (Å²) in [5, 5.41) is -0.0116. The van der Waals surface area contributed by atoms with Crippen LogP contribution in [0.15, 0.2) is 23.3 Å². The second-order valence-electron chi connectivity index (χ2n) is 1.59. The first-order valence-corrected chi connectivity index (χ1v) is 2.71. The summed E-state index contributed by atoms with van der Waals surface area (Å²) in [7, 11) is 0. The minimum atomic E-state index is -0.309. The van der Waals surface area contributed by atoms with Crippen LogP contribution in [-0.2, 0) is 9.59 Å². The maximum absolute atomic E-state index is 10.5. The lowest BCUT2D eigenvalue weighted by molar-refractivity contribution is -0.114. The Balaban J connectivity index is 0.000000810. The van der Waals surface area contributed by atoms with Gasteiger partial charge >= 0.3 is 0 Å². The third-order valence-corrected chi connectivity index (χ3v) is 1.20. The van der Waals surface area contributed by atoms with E-state index < -0.39 is 0 Å². The molecule has 0 bridgehead atoms. The Morgan fingerprint density at radius 2 is 1.80 bits per heavy atom. The lowest BCUT2D eigenvalue weighted by Crippen LogP contribution is -2.02. The van der Waals surface area contributed by atoms with Gasteiger partial charge in [0.1, 0.15) is 0 Å². The third-order valence-electron chi connectivity index (χ3n) is 0.903. The van der Waals surface area contributed by atoms with Gasteiger partial charge in [-0.3, -0.25) is 9.59 Å². The molecule has 2 N–H and O–H groups in total. The molecule has 0 heterocycles. The monoisotopic (exact) mass is 160 g/mol. The first-order valence-electron chi connectivity index (χ1n) is 2.34. The molecule has 0 amide bonds. The summed E-state index contributed by atoms with van der Waals surface area (Å²) < 4.78 is 0. The van der Waals surface area contributed by atoms with Gasteiger partial charge in [0.15, 0.2) is 11.6 Å². The fourth-order valence-corrected chi connectivity index (χ4v) is 0.652. The molecule has 0 aromatic rings. The van der Waals surface area contributed by atoms with E-state index in [1.165, 1.54) is 6.08 Å². The highest BCUT2D eigenvalue weighted by molar-refractivity contribution is 6.47. The van der Waals surface area contributed by atoms with Crippen LogP contribution in [0.1, 0.15) is 0 Å². The normalized spacial score (nSPS) is 16.3. The zero-order valence-corrected chi connectivity index (χ0v) is 5.68. The van der Waals surface area contributed by atoms with E-state index in [1.807, 2.05) is 0 Å². The zero-order valence-electron chi connectivity index (χ0n) is 4.93. The molecule has 0 spiro atoms. The van der Waals surface area contributed by atoms with Crippen LogP contribution in [0, 0.1) is 0 Å². The van der Waals surface area contributed by atoms with E-state index in [-0.39, 0.29) is 22.1 Å². The molecule has 1 aliphatic rings. The molecule has 0 aromatic carbocycles. The highest BCUT2D eigenvalue weighted by atomic mass is 35.5. The zero-order chi connectivity index (χ0) is 6.85.